The minimum atomic E-state index is -0.575. The monoisotopic (exact) mass is 523 g/mol. The fourth-order valence-electron chi connectivity index (χ4n) is 4.34. The maximum Gasteiger partial charge on any atom is 0.411 e. The third-order valence-corrected chi connectivity index (χ3v) is 6.63. The van der Waals surface area contributed by atoms with Gasteiger partial charge in [-0.15, -0.1) is 0 Å². The highest BCUT2D eigenvalue weighted by molar-refractivity contribution is 6.35. The van der Waals surface area contributed by atoms with Crippen molar-refractivity contribution >= 4 is 41.2 Å². The molecule has 1 aliphatic rings. The fraction of sp³-hybridized carbons (Fsp3) is 0.333. The number of carbonyl (C=O) groups excluding carboxylic acids is 2. The minimum absolute atomic E-state index is 0.185. The number of rotatable bonds is 7. The molecule has 1 atom stereocenters. The molecule has 3 aromatic rings. The molecule has 0 radical (unpaired) electrons. The van der Waals surface area contributed by atoms with Crippen LogP contribution in [0.2, 0.25) is 5.02 Å². The Morgan fingerprint density at radius 3 is 2.73 bits per heavy atom. The first-order chi connectivity index (χ1) is 17.9. The quantitative estimate of drug-likeness (QED) is 0.461. The van der Waals surface area contributed by atoms with Crippen molar-refractivity contribution in [2.24, 2.45) is 10.7 Å². The number of methoxy groups -OCH3 is 1. The molecular formula is C27H30ClN5O4. The summed E-state index contributed by atoms with van der Waals surface area (Å²) in [6, 6.07) is 12.7. The van der Waals surface area contributed by atoms with Crippen LogP contribution >= 0.6 is 11.6 Å². The van der Waals surface area contributed by atoms with Crippen molar-refractivity contribution in [3.63, 3.8) is 0 Å². The van der Waals surface area contributed by atoms with Crippen molar-refractivity contribution < 1.29 is 19.1 Å². The number of hydrogen-bond acceptors (Lipinski definition) is 7. The summed E-state index contributed by atoms with van der Waals surface area (Å²) in [4.78, 5) is 37.7. The molecule has 2 N–H and O–H groups in total. The number of benzene rings is 2. The Morgan fingerprint density at radius 1 is 1.22 bits per heavy atom. The van der Waals surface area contributed by atoms with Gasteiger partial charge in [-0.1, -0.05) is 24.6 Å². The number of hydrogen-bond donors (Lipinski definition) is 1. The molecule has 10 heteroatoms. The number of amides is 2. The fourth-order valence-corrected chi connectivity index (χ4v) is 4.60. The molecule has 37 heavy (non-hydrogen) atoms. The topological polar surface area (TPSA) is 110 Å². The van der Waals surface area contributed by atoms with Crippen LogP contribution in [0.5, 0.6) is 5.75 Å². The van der Waals surface area contributed by atoms with Gasteiger partial charge in [0.25, 0.3) is 5.91 Å². The van der Waals surface area contributed by atoms with E-state index in [-0.39, 0.29) is 12.5 Å². The average Bonchev–Trinajstić information content (AvgIpc) is 2.94. The van der Waals surface area contributed by atoms with Gasteiger partial charge in [-0.3, -0.25) is 14.7 Å². The van der Waals surface area contributed by atoms with Crippen LogP contribution in [0.15, 0.2) is 47.5 Å². The molecule has 1 saturated heterocycles. The van der Waals surface area contributed by atoms with E-state index in [4.69, 9.17) is 31.8 Å². The second kappa shape index (κ2) is 11.6. The lowest BCUT2D eigenvalue weighted by atomic mass is 10.0. The summed E-state index contributed by atoms with van der Waals surface area (Å²) >= 11 is 6.59. The number of nitrogens with zero attached hydrogens (tertiary/aromatic N) is 4. The smallest absolute Gasteiger partial charge is 0.411 e. The molecule has 1 fully saturated rings. The molecule has 9 nitrogen and oxygen atoms in total. The Hall–Kier alpha value is -3.69. The van der Waals surface area contributed by atoms with Crippen molar-refractivity contribution in [3.8, 4) is 17.0 Å². The van der Waals surface area contributed by atoms with Gasteiger partial charge in [0, 0.05) is 41.7 Å². The van der Waals surface area contributed by atoms with E-state index >= 15 is 0 Å². The highest BCUT2D eigenvalue weighted by Gasteiger charge is 2.33. The van der Waals surface area contributed by atoms with Gasteiger partial charge in [-0.25, -0.2) is 9.78 Å². The Balaban J connectivity index is 1.59. The second-order valence-corrected chi connectivity index (χ2v) is 9.08. The molecule has 0 saturated carbocycles. The van der Waals surface area contributed by atoms with Crippen LogP contribution in [0.4, 0.5) is 4.79 Å². The first-order valence-electron chi connectivity index (χ1n) is 12.1. The largest absolute Gasteiger partial charge is 0.496 e. The van der Waals surface area contributed by atoms with Gasteiger partial charge in [0.15, 0.2) is 0 Å². The zero-order valence-corrected chi connectivity index (χ0v) is 21.7. The first-order valence-corrected chi connectivity index (χ1v) is 12.4. The van der Waals surface area contributed by atoms with Crippen molar-refractivity contribution in [2.75, 3.05) is 33.4 Å². The predicted molar refractivity (Wildman–Crippen MR) is 144 cm³/mol. The Bertz CT molecular complexity index is 1330. The van der Waals surface area contributed by atoms with Gasteiger partial charge in [0.1, 0.15) is 11.9 Å². The molecule has 2 aromatic carbocycles. The standard InChI is InChI=1S/C27H30ClN5O4/c1-4-11-37-27(35)33-10-9-32(16-25(33)30-2)26(34)18-5-7-20-21(28)14-22(31-23(20)13-18)17-6-8-24(36-3)19(12-17)15-29/h5-8,12-14,25H,2,4,9-11,15-16,29H2,1,3H3. The third-order valence-electron chi connectivity index (χ3n) is 6.32. The van der Waals surface area contributed by atoms with Crippen molar-refractivity contribution in [1.82, 2.24) is 14.8 Å². The summed E-state index contributed by atoms with van der Waals surface area (Å²) in [7, 11) is 1.60. The van der Waals surface area contributed by atoms with Crippen LogP contribution in [-0.2, 0) is 11.3 Å². The summed E-state index contributed by atoms with van der Waals surface area (Å²) in [5.41, 5.74) is 9.29. The number of aliphatic imine (C=N–C) groups is 1. The zero-order chi connectivity index (χ0) is 26.5. The van der Waals surface area contributed by atoms with Crippen LogP contribution in [0, 0.1) is 0 Å². The average molecular weight is 524 g/mol. The van der Waals surface area contributed by atoms with Crippen molar-refractivity contribution in [1.29, 1.82) is 0 Å². The lowest BCUT2D eigenvalue weighted by Gasteiger charge is -2.38. The van der Waals surface area contributed by atoms with Gasteiger partial charge in [-0.05, 0) is 49.5 Å². The molecular weight excluding hydrogens is 494 g/mol. The molecule has 2 heterocycles. The van der Waals surface area contributed by atoms with Gasteiger partial charge in [0.2, 0.25) is 0 Å². The van der Waals surface area contributed by atoms with Crippen molar-refractivity contribution in [3.05, 3.63) is 58.6 Å². The number of halogens is 1. The van der Waals surface area contributed by atoms with Gasteiger partial charge in [-0.2, -0.15) is 0 Å². The molecule has 1 aliphatic heterocycles. The maximum absolute atomic E-state index is 13.4. The zero-order valence-electron chi connectivity index (χ0n) is 20.9. The van der Waals surface area contributed by atoms with Crippen LogP contribution in [-0.4, -0.2) is 73.0 Å². The number of pyridine rings is 1. The molecule has 0 aliphatic carbocycles. The lowest BCUT2D eigenvalue weighted by molar-refractivity contribution is 0.0396. The SMILES string of the molecule is C=NC1CN(C(=O)c2ccc3c(Cl)cc(-c4ccc(OC)c(CN)c4)nc3c2)CCN1C(=O)OCCC. The first kappa shape index (κ1) is 26.4. The highest BCUT2D eigenvalue weighted by Crippen LogP contribution is 2.31. The second-order valence-electron chi connectivity index (χ2n) is 8.67. The summed E-state index contributed by atoms with van der Waals surface area (Å²) in [5.74, 6) is 0.521. The van der Waals surface area contributed by atoms with Crippen LogP contribution in [0.25, 0.3) is 22.2 Å². The van der Waals surface area contributed by atoms with E-state index in [9.17, 15) is 9.59 Å². The molecule has 2 amide bonds. The van der Waals surface area contributed by atoms with E-state index in [0.29, 0.717) is 53.8 Å². The third kappa shape index (κ3) is 5.52. The normalized spacial score (nSPS) is 15.5. The van der Waals surface area contributed by atoms with Gasteiger partial charge >= 0.3 is 6.09 Å². The minimum Gasteiger partial charge on any atom is -0.496 e. The van der Waals surface area contributed by atoms with Gasteiger partial charge in [0.05, 0.1) is 36.5 Å². The summed E-state index contributed by atoms with van der Waals surface area (Å²) in [5, 5.41) is 1.27. The molecule has 0 spiro atoms. The molecule has 4 rings (SSSR count). The van der Waals surface area contributed by atoms with Crippen molar-refractivity contribution in [2.45, 2.75) is 26.1 Å². The molecule has 0 bridgehead atoms. The molecule has 1 aromatic heterocycles. The van der Waals surface area contributed by atoms with E-state index in [1.54, 1.807) is 36.3 Å². The van der Waals surface area contributed by atoms with E-state index in [1.807, 2.05) is 25.1 Å². The van der Waals surface area contributed by atoms with Crippen LogP contribution in [0.3, 0.4) is 0 Å². The van der Waals surface area contributed by atoms with E-state index in [1.165, 1.54) is 4.90 Å². The maximum atomic E-state index is 13.4. The number of aromatic nitrogens is 1. The Labute approximate surface area is 220 Å². The number of piperazine rings is 1. The number of fused-ring (bicyclic) bond motifs is 1. The van der Waals surface area contributed by atoms with E-state index in [2.05, 4.69) is 11.7 Å². The molecule has 194 valence electrons. The summed E-state index contributed by atoms with van der Waals surface area (Å²) in [6.07, 6.45) is -0.293. The lowest BCUT2D eigenvalue weighted by Crippen LogP contribution is -2.56. The van der Waals surface area contributed by atoms with Gasteiger partial charge < -0.3 is 20.1 Å². The van der Waals surface area contributed by atoms with Crippen LogP contribution < -0.4 is 10.5 Å². The number of nitrogens with two attached hydrogens (primary N) is 1. The molecule has 1 unspecified atom stereocenters. The predicted octanol–water partition coefficient (Wildman–Crippen LogP) is 4.35. The van der Waals surface area contributed by atoms with Crippen LogP contribution in [0.1, 0.15) is 29.3 Å². The number of carbonyl (C=O) groups is 2. The van der Waals surface area contributed by atoms with E-state index < -0.39 is 12.3 Å². The number of ether oxygens (including phenoxy) is 2. The summed E-state index contributed by atoms with van der Waals surface area (Å²) in [6.45, 7) is 7.06. The summed E-state index contributed by atoms with van der Waals surface area (Å²) < 4.78 is 10.6. The Morgan fingerprint density at radius 2 is 2.03 bits per heavy atom. The van der Waals surface area contributed by atoms with E-state index in [0.717, 1.165) is 22.9 Å². The highest BCUT2D eigenvalue weighted by atomic mass is 35.5. The Kier molecular flexibility index (Phi) is 8.25.